The molecule has 0 spiro atoms. The van der Waals surface area contributed by atoms with Gasteiger partial charge in [-0.15, -0.1) is 0 Å². The van der Waals surface area contributed by atoms with Gasteiger partial charge in [-0.2, -0.15) is 0 Å². The van der Waals surface area contributed by atoms with Crippen molar-refractivity contribution < 1.29 is 18.5 Å². The van der Waals surface area contributed by atoms with E-state index >= 15 is 0 Å². The average Bonchev–Trinajstić information content (AvgIpc) is 3.15. The lowest BCUT2D eigenvalue weighted by atomic mass is 9.89. The first kappa shape index (κ1) is 24.0. The van der Waals surface area contributed by atoms with Gasteiger partial charge in [0.25, 0.3) is 0 Å². The van der Waals surface area contributed by atoms with Crippen LogP contribution in [0.3, 0.4) is 0 Å². The lowest BCUT2D eigenvalue weighted by Crippen LogP contribution is -2.44. The van der Waals surface area contributed by atoms with E-state index in [1.165, 1.54) is 5.56 Å². The molecule has 1 amide bonds. The number of hydrogen-bond acceptors (Lipinski definition) is 6. The molecule has 1 aromatic heterocycles. The molecular formula is C25H32N2O4S2. The molecule has 1 saturated heterocycles. The Labute approximate surface area is 201 Å². The monoisotopic (exact) mass is 488 g/mol. The quantitative estimate of drug-likeness (QED) is 0.628. The van der Waals surface area contributed by atoms with Crippen LogP contribution < -0.4 is 4.74 Å². The molecule has 0 N–H and O–H groups in total. The van der Waals surface area contributed by atoms with E-state index in [4.69, 9.17) is 20.7 Å². The number of likely N-dealkylation sites (tertiary alicyclic amines) is 1. The van der Waals surface area contributed by atoms with Crippen LogP contribution in [0.1, 0.15) is 44.7 Å². The first-order chi connectivity index (χ1) is 15.5. The summed E-state index contributed by atoms with van der Waals surface area (Å²) >= 11 is 5.01. The van der Waals surface area contributed by atoms with Crippen molar-refractivity contribution in [2.75, 3.05) is 19.3 Å². The summed E-state index contributed by atoms with van der Waals surface area (Å²) in [7, 11) is -2.25. The Morgan fingerprint density at radius 2 is 1.97 bits per heavy atom. The molecule has 33 heavy (non-hydrogen) atoms. The van der Waals surface area contributed by atoms with Crippen LogP contribution in [-0.2, 0) is 36.6 Å². The standard InChI is InChI=1S/C25H32N2O4S2/c1-25(2,3)31-24(28)27-11-9-18(10-12-27)23-14-20-13-19(6-8-22(20)30-23)21-7-5-17(15-26-21)16-33(4,29)32/h5-8,13,15,18,23H,9-12,14,16H2,1-4H3. The second-order valence-corrected chi connectivity index (χ2v) is 14.4. The number of rotatable bonds is 4. The normalized spacial score (nSPS) is 20.6. The van der Waals surface area contributed by atoms with Crippen LogP contribution in [-0.4, -0.2) is 51.2 Å². The van der Waals surface area contributed by atoms with Crippen molar-refractivity contribution in [2.24, 2.45) is 5.92 Å². The zero-order valence-corrected chi connectivity index (χ0v) is 21.3. The summed E-state index contributed by atoms with van der Waals surface area (Å²) in [4.78, 5) is 18.7. The summed E-state index contributed by atoms with van der Waals surface area (Å²) in [5.74, 6) is 1.72. The molecule has 8 heteroatoms. The van der Waals surface area contributed by atoms with Crippen LogP contribution in [0.4, 0.5) is 4.79 Å². The lowest BCUT2D eigenvalue weighted by Gasteiger charge is -2.35. The minimum atomic E-state index is -2.25. The molecule has 2 aliphatic rings. The fourth-order valence-corrected chi connectivity index (χ4v) is 5.65. The summed E-state index contributed by atoms with van der Waals surface area (Å²) in [6.45, 7) is 7.08. The van der Waals surface area contributed by atoms with Gasteiger partial charge in [-0.3, -0.25) is 9.19 Å². The van der Waals surface area contributed by atoms with E-state index in [1.54, 1.807) is 17.4 Å². The van der Waals surface area contributed by atoms with E-state index in [1.807, 2.05) is 45.0 Å². The number of carbonyl (C=O) groups is 1. The number of carbonyl (C=O) groups excluding carboxylic acids is 1. The van der Waals surface area contributed by atoms with Crippen LogP contribution >= 0.6 is 0 Å². The molecule has 1 aromatic carbocycles. The van der Waals surface area contributed by atoms with Crippen molar-refractivity contribution in [3.05, 3.63) is 47.7 Å². The largest absolute Gasteiger partial charge is 0.490 e. The molecular weight excluding hydrogens is 456 g/mol. The van der Waals surface area contributed by atoms with E-state index in [0.29, 0.717) is 24.8 Å². The Bertz CT molecular complexity index is 1120. The highest BCUT2D eigenvalue weighted by molar-refractivity contribution is 8.32. The highest BCUT2D eigenvalue weighted by Gasteiger charge is 2.35. The zero-order chi connectivity index (χ0) is 23.8. The van der Waals surface area contributed by atoms with Crippen LogP contribution in [0.15, 0.2) is 36.5 Å². The fraction of sp³-hybridized carbons (Fsp3) is 0.520. The third-order valence-electron chi connectivity index (χ3n) is 6.03. The summed E-state index contributed by atoms with van der Waals surface area (Å²) in [5, 5.41) is 0. The van der Waals surface area contributed by atoms with Crippen molar-refractivity contribution in [2.45, 2.75) is 57.5 Å². The number of nitrogens with zero attached hydrogens (tertiary/aromatic N) is 2. The fourth-order valence-electron chi connectivity index (χ4n) is 4.46. The number of fused-ring (bicyclic) bond motifs is 1. The van der Waals surface area contributed by atoms with Gasteiger partial charge in [0.2, 0.25) is 0 Å². The van der Waals surface area contributed by atoms with Crippen molar-refractivity contribution in [1.29, 1.82) is 0 Å². The Balaban J connectivity index is 1.36. The molecule has 2 aromatic rings. The topological polar surface area (TPSA) is 68.7 Å². The molecule has 1 fully saturated rings. The molecule has 2 aliphatic heterocycles. The van der Waals surface area contributed by atoms with Crippen molar-refractivity contribution in [1.82, 2.24) is 9.88 Å². The molecule has 2 atom stereocenters. The van der Waals surface area contributed by atoms with Gasteiger partial charge in [0.1, 0.15) is 17.5 Å². The summed E-state index contributed by atoms with van der Waals surface area (Å²) in [5.41, 5.74) is 3.53. The SMILES string of the molecule is CC(C)(C)OC(=O)N1CCC(C2Cc3cc(-c4ccc(CS(C)(=O)=S)cn4)ccc3O2)CC1. The third-order valence-corrected chi connectivity index (χ3v) is 7.24. The number of hydrogen-bond donors (Lipinski definition) is 0. The predicted octanol–water partition coefficient (Wildman–Crippen LogP) is 4.58. The molecule has 178 valence electrons. The van der Waals surface area contributed by atoms with Crippen LogP contribution in [0.2, 0.25) is 0 Å². The summed E-state index contributed by atoms with van der Waals surface area (Å²) in [6, 6.07) is 10.1. The number of piperidine rings is 1. The molecule has 0 saturated carbocycles. The molecule has 0 aliphatic carbocycles. The highest BCUT2D eigenvalue weighted by Crippen LogP contribution is 2.37. The van der Waals surface area contributed by atoms with Gasteiger partial charge in [0.05, 0.1) is 11.4 Å². The first-order valence-corrected chi connectivity index (χ1v) is 14.4. The van der Waals surface area contributed by atoms with Gasteiger partial charge in [0, 0.05) is 46.0 Å². The molecule has 6 nitrogen and oxygen atoms in total. The smallest absolute Gasteiger partial charge is 0.410 e. The minimum absolute atomic E-state index is 0.135. The Morgan fingerprint density at radius 3 is 2.58 bits per heavy atom. The van der Waals surface area contributed by atoms with E-state index in [2.05, 4.69) is 11.1 Å². The predicted molar refractivity (Wildman–Crippen MR) is 133 cm³/mol. The third kappa shape index (κ3) is 6.23. The minimum Gasteiger partial charge on any atom is -0.490 e. The molecule has 0 radical (unpaired) electrons. The maximum Gasteiger partial charge on any atom is 0.410 e. The first-order valence-electron chi connectivity index (χ1n) is 11.4. The Morgan fingerprint density at radius 1 is 1.24 bits per heavy atom. The zero-order valence-electron chi connectivity index (χ0n) is 19.7. The molecule has 4 rings (SSSR count). The maximum absolute atomic E-state index is 12.3. The van der Waals surface area contributed by atoms with Crippen molar-refractivity contribution >= 4 is 25.8 Å². The average molecular weight is 489 g/mol. The highest BCUT2D eigenvalue weighted by atomic mass is 32.8. The summed E-state index contributed by atoms with van der Waals surface area (Å²) < 4.78 is 23.6. The summed E-state index contributed by atoms with van der Waals surface area (Å²) in [6.07, 6.45) is 5.95. The van der Waals surface area contributed by atoms with Gasteiger partial charge in [-0.1, -0.05) is 6.07 Å². The number of aromatic nitrogens is 1. The molecule has 0 bridgehead atoms. The van der Waals surface area contributed by atoms with Crippen molar-refractivity contribution in [3.8, 4) is 17.0 Å². The van der Waals surface area contributed by atoms with E-state index in [9.17, 15) is 9.00 Å². The number of pyridine rings is 1. The van der Waals surface area contributed by atoms with Gasteiger partial charge >= 0.3 is 6.09 Å². The van der Waals surface area contributed by atoms with Crippen molar-refractivity contribution in [3.63, 3.8) is 0 Å². The van der Waals surface area contributed by atoms with E-state index < -0.39 is 14.1 Å². The van der Waals surface area contributed by atoms with E-state index in [-0.39, 0.29) is 12.2 Å². The maximum atomic E-state index is 12.3. The van der Waals surface area contributed by atoms with Gasteiger partial charge in [-0.05, 0) is 86.1 Å². The van der Waals surface area contributed by atoms with Gasteiger partial charge in [0.15, 0.2) is 0 Å². The number of amides is 1. The Hall–Kier alpha value is -2.19. The van der Waals surface area contributed by atoms with Crippen LogP contribution in [0.25, 0.3) is 11.3 Å². The second-order valence-electron chi connectivity index (χ2n) is 10.1. The van der Waals surface area contributed by atoms with Gasteiger partial charge in [-0.25, -0.2) is 4.79 Å². The molecule has 3 heterocycles. The van der Waals surface area contributed by atoms with Crippen LogP contribution in [0.5, 0.6) is 5.75 Å². The number of ether oxygens (including phenoxy) is 2. The van der Waals surface area contributed by atoms with Crippen LogP contribution in [0, 0.1) is 5.92 Å². The number of benzene rings is 1. The Kier molecular flexibility index (Phi) is 6.69. The molecule has 2 unspecified atom stereocenters. The lowest BCUT2D eigenvalue weighted by molar-refractivity contribution is 0.0123. The van der Waals surface area contributed by atoms with Gasteiger partial charge < -0.3 is 14.4 Å². The second kappa shape index (κ2) is 9.22. The van der Waals surface area contributed by atoms with E-state index in [0.717, 1.165) is 41.8 Å².